The molecule has 0 aliphatic rings. The first-order chi connectivity index (χ1) is 11.8. The summed E-state index contributed by atoms with van der Waals surface area (Å²) in [5.41, 5.74) is 2.02. The highest BCUT2D eigenvalue weighted by Crippen LogP contribution is 2.23. The van der Waals surface area contributed by atoms with Gasteiger partial charge in [0, 0.05) is 29.3 Å². The Bertz CT molecular complexity index is 910. The number of benzene rings is 2. The standard InChI is InChI=1S/C18H19BrN2O3S/c1-4-10-20-25(23,24)16-7-5-6-14(12-16)18(22)21(3)15-8-9-17(19)13(2)11-15/h4-9,11-12,20H,1,10H2,2-3H3. The van der Waals surface area contributed by atoms with Gasteiger partial charge in [-0.1, -0.05) is 28.1 Å². The summed E-state index contributed by atoms with van der Waals surface area (Å²) < 4.78 is 27.7. The average Bonchev–Trinajstić information content (AvgIpc) is 2.61. The van der Waals surface area contributed by atoms with E-state index in [2.05, 4.69) is 27.2 Å². The summed E-state index contributed by atoms with van der Waals surface area (Å²) in [6, 6.07) is 11.5. The van der Waals surface area contributed by atoms with Crippen molar-refractivity contribution in [3.05, 3.63) is 70.7 Å². The van der Waals surface area contributed by atoms with Gasteiger partial charge in [-0.2, -0.15) is 0 Å². The molecule has 1 amide bonds. The van der Waals surface area contributed by atoms with Crippen LogP contribution in [-0.4, -0.2) is 27.9 Å². The Balaban J connectivity index is 2.31. The van der Waals surface area contributed by atoms with Crippen molar-refractivity contribution < 1.29 is 13.2 Å². The Kier molecular flexibility index (Phi) is 6.16. The molecule has 0 heterocycles. The molecule has 0 atom stereocenters. The van der Waals surface area contributed by atoms with Gasteiger partial charge in [0.1, 0.15) is 0 Å². The molecule has 0 aromatic heterocycles. The zero-order valence-electron chi connectivity index (χ0n) is 14.0. The van der Waals surface area contributed by atoms with Gasteiger partial charge in [-0.3, -0.25) is 4.79 Å². The largest absolute Gasteiger partial charge is 0.311 e. The molecule has 132 valence electrons. The highest BCUT2D eigenvalue weighted by atomic mass is 79.9. The number of aryl methyl sites for hydroxylation is 1. The van der Waals surface area contributed by atoms with E-state index in [1.165, 1.54) is 23.1 Å². The van der Waals surface area contributed by atoms with Crippen molar-refractivity contribution >= 4 is 37.5 Å². The van der Waals surface area contributed by atoms with E-state index in [4.69, 9.17) is 0 Å². The Labute approximate surface area is 156 Å². The molecular formula is C18H19BrN2O3S. The van der Waals surface area contributed by atoms with Crippen LogP contribution in [0.2, 0.25) is 0 Å². The second-order valence-corrected chi connectivity index (χ2v) is 8.09. The fourth-order valence-electron chi connectivity index (χ4n) is 2.20. The van der Waals surface area contributed by atoms with Gasteiger partial charge in [-0.05, 0) is 48.9 Å². The van der Waals surface area contributed by atoms with Crippen LogP contribution in [0.15, 0.2) is 64.5 Å². The minimum Gasteiger partial charge on any atom is -0.311 e. The second kappa shape index (κ2) is 7.95. The van der Waals surface area contributed by atoms with Crippen molar-refractivity contribution in [1.29, 1.82) is 0 Å². The molecule has 2 aromatic rings. The number of carbonyl (C=O) groups excluding carboxylic acids is 1. The lowest BCUT2D eigenvalue weighted by Gasteiger charge is -2.19. The van der Waals surface area contributed by atoms with E-state index in [0.717, 1.165) is 15.7 Å². The Morgan fingerprint density at radius 3 is 2.64 bits per heavy atom. The molecule has 0 fully saturated rings. The van der Waals surface area contributed by atoms with Crippen LogP contribution in [0, 0.1) is 6.92 Å². The fourth-order valence-corrected chi connectivity index (χ4v) is 3.49. The SMILES string of the molecule is C=CCNS(=O)(=O)c1cccc(C(=O)N(C)c2ccc(Br)c(C)c2)c1. The fraction of sp³-hybridized carbons (Fsp3) is 0.167. The average molecular weight is 423 g/mol. The molecule has 0 radical (unpaired) electrons. The van der Waals surface area contributed by atoms with E-state index in [1.54, 1.807) is 19.2 Å². The van der Waals surface area contributed by atoms with Gasteiger partial charge in [0.2, 0.25) is 10.0 Å². The summed E-state index contributed by atoms with van der Waals surface area (Å²) in [4.78, 5) is 14.2. The third-order valence-corrected chi connectivity index (χ3v) is 5.95. The molecule has 0 saturated carbocycles. The molecule has 1 N–H and O–H groups in total. The normalized spacial score (nSPS) is 11.2. The zero-order chi connectivity index (χ0) is 18.6. The van der Waals surface area contributed by atoms with Gasteiger partial charge >= 0.3 is 0 Å². The molecule has 0 aliphatic carbocycles. The Morgan fingerprint density at radius 2 is 2.00 bits per heavy atom. The summed E-state index contributed by atoms with van der Waals surface area (Å²) in [7, 11) is -2.02. The van der Waals surface area contributed by atoms with Gasteiger partial charge in [0.15, 0.2) is 0 Å². The number of sulfonamides is 1. The quantitative estimate of drug-likeness (QED) is 0.724. The molecule has 0 unspecified atom stereocenters. The van der Waals surface area contributed by atoms with E-state index in [9.17, 15) is 13.2 Å². The molecule has 0 aliphatic heterocycles. The van der Waals surface area contributed by atoms with Crippen LogP contribution in [0.5, 0.6) is 0 Å². The number of hydrogen-bond donors (Lipinski definition) is 1. The number of amides is 1. The maximum Gasteiger partial charge on any atom is 0.258 e. The number of nitrogens with zero attached hydrogens (tertiary/aromatic N) is 1. The molecule has 7 heteroatoms. The number of halogens is 1. The van der Waals surface area contributed by atoms with Gasteiger partial charge in [-0.25, -0.2) is 13.1 Å². The zero-order valence-corrected chi connectivity index (χ0v) is 16.4. The first-order valence-electron chi connectivity index (χ1n) is 7.51. The third-order valence-electron chi connectivity index (χ3n) is 3.64. The van der Waals surface area contributed by atoms with E-state index < -0.39 is 10.0 Å². The van der Waals surface area contributed by atoms with Gasteiger partial charge < -0.3 is 4.90 Å². The van der Waals surface area contributed by atoms with Crippen LogP contribution >= 0.6 is 15.9 Å². The number of carbonyl (C=O) groups is 1. The van der Waals surface area contributed by atoms with Crippen LogP contribution in [0.4, 0.5) is 5.69 Å². The van der Waals surface area contributed by atoms with Crippen molar-refractivity contribution in [2.24, 2.45) is 0 Å². The van der Waals surface area contributed by atoms with Crippen molar-refractivity contribution in [3.8, 4) is 0 Å². The lowest BCUT2D eigenvalue weighted by atomic mass is 10.1. The van der Waals surface area contributed by atoms with Gasteiger partial charge in [0.25, 0.3) is 5.91 Å². The van der Waals surface area contributed by atoms with Crippen molar-refractivity contribution in [2.75, 3.05) is 18.5 Å². The second-order valence-electron chi connectivity index (χ2n) is 5.47. The van der Waals surface area contributed by atoms with Crippen molar-refractivity contribution in [2.45, 2.75) is 11.8 Å². The highest BCUT2D eigenvalue weighted by Gasteiger charge is 2.18. The molecule has 0 spiro atoms. The smallest absolute Gasteiger partial charge is 0.258 e. The highest BCUT2D eigenvalue weighted by molar-refractivity contribution is 9.10. The van der Waals surface area contributed by atoms with Crippen molar-refractivity contribution in [3.63, 3.8) is 0 Å². The minimum absolute atomic E-state index is 0.0422. The first kappa shape index (κ1) is 19.4. The maximum atomic E-state index is 12.7. The van der Waals surface area contributed by atoms with E-state index in [1.807, 2.05) is 25.1 Å². The van der Waals surface area contributed by atoms with E-state index in [0.29, 0.717) is 5.56 Å². The molecule has 5 nitrogen and oxygen atoms in total. The van der Waals surface area contributed by atoms with Crippen LogP contribution in [0.3, 0.4) is 0 Å². The summed E-state index contributed by atoms with van der Waals surface area (Å²) in [5.74, 6) is -0.289. The first-order valence-corrected chi connectivity index (χ1v) is 9.78. The molecular weight excluding hydrogens is 404 g/mol. The van der Waals surface area contributed by atoms with Crippen LogP contribution in [0.25, 0.3) is 0 Å². The lowest BCUT2D eigenvalue weighted by molar-refractivity contribution is 0.0993. The van der Waals surface area contributed by atoms with Crippen molar-refractivity contribution in [1.82, 2.24) is 4.72 Å². The number of nitrogens with one attached hydrogen (secondary N) is 1. The predicted molar refractivity (Wildman–Crippen MR) is 103 cm³/mol. The summed E-state index contributed by atoms with van der Waals surface area (Å²) >= 11 is 3.43. The van der Waals surface area contributed by atoms with E-state index in [-0.39, 0.29) is 17.3 Å². The molecule has 0 saturated heterocycles. The Morgan fingerprint density at radius 1 is 1.28 bits per heavy atom. The Hall–Kier alpha value is -1.96. The maximum absolute atomic E-state index is 12.7. The predicted octanol–water partition coefficient (Wildman–Crippen LogP) is 3.50. The van der Waals surface area contributed by atoms with Crippen LogP contribution < -0.4 is 9.62 Å². The minimum atomic E-state index is -3.68. The molecule has 2 aromatic carbocycles. The van der Waals surface area contributed by atoms with Crippen LogP contribution in [-0.2, 0) is 10.0 Å². The molecule has 2 rings (SSSR count). The summed E-state index contributed by atoms with van der Waals surface area (Å²) in [6.07, 6.45) is 1.45. The summed E-state index contributed by atoms with van der Waals surface area (Å²) in [6.45, 7) is 5.54. The monoisotopic (exact) mass is 422 g/mol. The lowest BCUT2D eigenvalue weighted by Crippen LogP contribution is -2.27. The van der Waals surface area contributed by atoms with E-state index >= 15 is 0 Å². The van der Waals surface area contributed by atoms with Crippen LogP contribution in [0.1, 0.15) is 15.9 Å². The van der Waals surface area contributed by atoms with Gasteiger partial charge in [0.05, 0.1) is 4.90 Å². The molecule has 0 bridgehead atoms. The topological polar surface area (TPSA) is 66.5 Å². The van der Waals surface area contributed by atoms with Gasteiger partial charge in [-0.15, -0.1) is 6.58 Å². The summed E-state index contributed by atoms with van der Waals surface area (Å²) in [5, 5.41) is 0. The number of rotatable bonds is 6. The number of hydrogen-bond acceptors (Lipinski definition) is 3. The number of anilines is 1. The molecule has 25 heavy (non-hydrogen) atoms. The third kappa shape index (κ3) is 4.56.